The number of benzene rings is 13. The van der Waals surface area contributed by atoms with Gasteiger partial charge in [-0.05, 0) is 133 Å². The Kier molecular flexibility index (Phi) is 18.4. The number of hydrogen-bond acceptors (Lipinski definition) is 32. The first-order valence-corrected chi connectivity index (χ1v) is 35.6. The number of nitrogens with two attached hydrogens (primary N) is 1. The molecule has 0 unspecified atom stereocenters. The number of ether oxygens (including phenoxy) is 1. The smallest absolute Gasteiger partial charge is 0.222 e. The third kappa shape index (κ3) is 13.0. The number of aromatic hydroxyl groups is 23. The summed E-state index contributed by atoms with van der Waals surface area (Å²) in [7, 11) is 2.11. The van der Waals surface area contributed by atoms with E-state index < -0.39 is 51.8 Å². The van der Waals surface area contributed by atoms with Gasteiger partial charge in [-0.3, -0.25) is 19.5 Å². The molecule has 2 bridgehead atoms. The number of quaternary nitrogens is 1. The van der Waals surface area contributed by atoms with Crippen LogP contribution in [0.4, 0.5) is 28.4 Å². The van der Waals surface area contributed by atoms with Crippen molar-refractivity contribution >= 4 is 104 Å². The number of pyridine rings is 3. The number of phenolic OH excluding ortho intramolecular Hbond substituents is 23. The molecule has 7 heterocycles. The number of phenols is 23. The van der Waals surface area contributed by atoms with Gasteiger partial charge >= 0.3 is 0 Å². The Labute approximate surface area is 664 Å². The van der Waals surface area contributed by atoms with Crippen LogP contribution in [0.1, 0.15) is 40.0 Å². The van der Waals surface area contributed by atoms with Crippen molar-refractivity contribution in [3.05, 3.63) is 202 Å². The minimum atomic E-state index is -0.659. The lowest BCUT2D eigenvalue weighted by atomic mass is 9.77. The summed E-state index contributed by atoms with van der Waals surface area (Å²) in [5.41, 5.74) is 15.4. The minimum Gasteiger partial charge on any atom is -0.508 e. The van der Waals surface area contributed by atoms with Crippen LogP contribution in [0.3, 0.4) is 0 Å². The Bertz CT molecular complexity index is 6840. The number of aromatic amines is 1. The molecule has 34 nitrogen and oxygen atoms in total. The molecule has 5 aliphatic rings. The van der Waals surface area contributed by atoms with Crippen molar-refractivity contribution in [3.63, 3.8) is 0 Å². The van der Waals surface area contributed by atoms with E-state index in [9.17, 15) is 127 Å². The van der Waals surface area contributed by atoms with Crippen LogP contribution < -0.4 is 26.0 Å². The molecule has 4 aliphatic heterocycles. The van der Waals surface area contributed by atoms with E-state index in [1.54, 1.807) is 30.6 Å². The highest BCUT2D eigenvalue weighted by Crippen LogP contribution is 2.59. The number of likely N-dealkylation sites (N-methyl/N-ethyl adjacent to an activating group) is 1. The van der Waals surface area contributed by atoms with E-state index in [2.05, 4.69) is 26.9 Å². The van der Waals surface area contributed by atoms with Gasteiger partial charge in [-0.15, -0.1) is 5.06 Å². The summed E-state index contributed by atoms with van der Waals surface area (Å²) in [4.78, 5) is 30.9. The maximum atomic E-state index is 11.6. The second-order valence-electron chi connectivity index (χ2n) is 28.3. The Morgan fingerprint density at radius 3 is 1.57 bits per heavy atom. The summed E-state index contributed by atoms with van der Waals surface area (Å²) in [6.45, 7) is 0.958. The highest BCUT2D eigenvalue weighted by atomic mass is 16.7. The van der Waals surface area contributed by atoms with E-state index in [4.69, 9.17) is 15.3 Å². The molecular weight excluding hydrogens is 1550 g/mol. The highest BCUT2D eigenvalue weighted by Gasteiger charge is 2.44. The number of aromatic nitrogens is 3. The van der Waals surface area contributed by atoms with E-state index in [1.807, 2.05) is 12.1 Å². The molecule has 16 aromatic rings. The van der Waals surface area contributed by atoms with Crippen molar-refractivity contribution in [2.45, 2.75) is 25.0 Å². The lowest BCUT2D eigenvalue weighted by Gasteiger charge is -2.40. The average molecular weight is 1620 g/mol. The topological polar surface area (TPSA) is 600 Å². The monoisotopic (exact) mass is 1620 g/mol. The van der Waals surface area contributed by atoms with E-state index in [0.29, 0.717) is 82.6 Å². The number of fused-ring (bicyclic) bond motifs is 21. The Morgan fingerprint density at radius 1 is 0.445 bits per heavy atom. The van der Waals surface area contributed by atoms with Gasteiger partial charge in [0, 0.05) is 149 Å². The number of rotatable bonds is 0. The first kappa shape index (κ1) is 76.6. The van der Waals surface area contributed by atoms with Crippen LogP contribution in [-0.4, -0.2) is 156 Å². The molecule has 21 rings (SSSR count). The van der Waals surface area contributed by atoms with Gasteiger partial charge in [-0.2, -0.15) is 0 Å². The second kappa shape index (κ2) is 28.6. The molecule has 34 heteroatoms. The molecule has 13 aromatic carbocycles. The van der Waals surface area contributed by atoms with Crippen LogP contribution in [0.15, 0.2) is 169 Å². The first-order chi connectivity index (χ1) is 56.6. The number of nitrogens with one attached hydrogen (secondary N) is 2. The molecule has 0 spiro atoms. The fraction of sp³-hybridized carbons (Fsp3) is 0.0706. The predicted molar refractivity (Wildman–Crippen MR) is 428 cm³/mol. The Hall–Kier alpha value is -16.4. The van der Waals surface area contributed by atoms with Gasteiger partial charge in [0.15, 0.2) is 132 Å². The predicted octanol–water partition coefficient (Wildman–Crippen LogP) is 12.1. The van der Waals surface area contributed by atoms with Gasteiger partial charge in [-0.1, -0.05) is 6.07 Å². The molecule has 28 N–H and O–H groups in total. The van der Waals surface area contributed by atoms with Crippen molar-refractivity contribution < 1.29 is 137 Å². The summed E-state index contributed by atoms with van der Waals surface area (Å²) in [6, 6.07) is 35.6. The van der Waals surface area contributed by atoms with Gasteiger partial charge < -0.3 is 133 Å². The molecule has 1 atom stereocenters. The molecule has 0 amide bonds. The molecule has 0 fully saturated rings. The quantitative estimate of drug-likeness (QED) is 0.0220. The molecule has 602 valence electrons. The van der Waals surface area contributed by atoms with Crippen LogP contribution in [0.5, 0.6) is 144 Å². The van der Waals surface area contributed by atoms with Crippen LogP contribution in [0.2, 0.25) is 0 Å². The summed E-state index contributed by atoms with van der Waals surface area (Å²) in [5, 5.41) is 238. The molecular formula is C85H66N7O27+. The minimum absolute atomic E-state index is 0.0908. The normalized spacial score (nSPS) is 13.9. The molecule has 119 heavy (non-hydrogen) atoms. The van der Waals surface area contributed by atoms with Gasteiger partial charge in [0.2, 0.25) is 22.6 Å². The summed E-state index contributed by atoms with van der Waals surface area (Å²) >= 11 is 0. The molecule has 0 saturated heterocycles. The second-order valence-corrected chi connectivity index (χ2v) is 28.3. The van der Waals surface area contributed by atoms with Crippen LogP contribution in [0, 0.1) is 0 Å². The maximum absolute atomic E-state index is 11.6. The Balaban J connectivity index is 0.000000107. The van der Waals surface area contributed by atoms with Crippen molar-refractivity contribution in [1.82, 2.24) is 19.9 Å². The van der Waals surface area contributed by atoms with E-state index in [0.717, 1.165) is 71.1 Å². The number of nitrogens with zero attached hydrogens (tertiary/aromatic N) is 4. The third-order valence-corrected chi connectivity index (χ3v) is 21.1. The molecule has 3 aromatic heterocycles. The van der Waals surface area contributed by atoms with Gasteiger partial charge in [0.05, 0.1) is 40.1 Å². The molecule has 0 saturated carbocycles. The van der Waals surface area contributed by atoms with E-state index in [-0.39, 0.29) is 142 Å². The number of nitrogen functional groups attached to an aromatic ring is 1. The molecule has 0 radical (unpaired) electrons. The zero-order valence-corrected chi connectivity index (χ0v) is 61.2. The zero-order chi connectivity index (χ0) is 84.7. The van der Waals surface area contributed by atoms with Gasteiger partial charge in [0.25, 0.3) is 0 Å². The maximum Gasteiger partial charge on any atom is 0.222 e. The largest absolute Gasteiger partial charge is 0.508 e. The first-order valence-electron chi connectivity index (χ1n) is 35.6. The highest BCUT2D eigenvalue weighted by molar-refractivity contribution is 6.19. The lowest BCUT2D eigenvalue weighted by Crippen LogP contribution is -2.99. The van der Waals surface area contributed by atoms with Crippen LogP contribution >= 0.6 is 0 Å². The molecule has 1 aliphatic carbocycles. The lowest BCUT2D eigenvalue weighted by molar-refractivity contribution is -0.979. The number of H-pyrrole nitrogens is 1. The van der Waals surface area contributed by atoms with Crippen LogP contribution in [-0.2, 0) is 17.7 Å². The van der Waals surface area contributed by atoms with Crippen molar-refractivity contribution in [1.29, 1.82) is 0 Å². The fourth-order valence-corrected chi connectivity index (χ4v) is 15.1. The number of hydrogen-bond donors (Lipinski definition) is 27. The van der Waals surface area contributed by atoms with Crippen LogP contribution in [0.25, 0.3) is 87.1 Å². The Morgan fingerprint density at radius 2 is 0.958 bits per heavy atom. The van der Waals surface area contributed by atoms with Gasteiger partial charge in [0.1, 0.15) is 11.9 Å². The standard InChI is InChI=1S/C17H17NO3.C16H10N2O4.C14H11NO4.2C13H9NO5.C12H9NO6/c1-18-5-4-10-6-11(19)8-12-15(10)13(18)7-9-2-3-14(20)17(21)16(9)12;19-12-1-8-10(3-14(12)21)17-5-7-6-18-11-4-15(22)13(20)2-9(11)16(7)8;15-12-6-1-3-10(16)13(18)8(6)5-9-7(12)2-4-11(17)14(9)19;15-9-1-5-7(3-11(9)17)14-8-4-12(18)10(16)2-6(8)13(5)19-14;15-9-2-1-7-5(11(9)17)3-6-8(14-7)4-10(16)13(19)12(6)18;14-7-1-5-11(3-9(7)16)19-12-4-10(17)8(15)2-6(12)13(5)18/h2-3,6,8,13,19-21H,4-5,7H2,1H3;1-6,17,19-21H;1-5,16-19H,15H2;1-4,13,15-18H;1-4,15-19H;1-4,14-18H/p+1/t13-;;;;;/m1...../s1. The summed E-state index contributed by atoms with van der Waals surface area (Å²) < 4.78 is 5.40. The number of anilines is 3. The summed E-state index contributed by atoms with van der Waals surface area (Å²) in [6.07, 6.45) is 4.56. The van der Waals surface area contributed by atoms with Gasteiger partial charge in [-0.25, -0.2) is 15.3 Å². The average Bonchev–Trinajstić information content (AvgIpc) is 1.56. The van der Waals surface area contributed by atoms with E-state index in [1.165, 1.54) is 108 Å². The van der Waals surface area contributed by atoms with Crippen molar-refractivity contribution in [3.8, 4) is 155 Å². The SMILES string of the molecule is CN1CCc2cc(O)cc3c2[C@H]1Cc1ccc(O)c(O)c1-3.Nc1c2ccc(O)c(O)c2cc2c(O)c(O)ccc12.O=c1cc2ncc3c[nH]c4cc(O)c(O)cc4c3c2cc1O.Oc1cc2c(cc1O)N1OC2c2cc(O)c(O)cc21.Oc1cc2c(cc1O)[NH+](O)c1cc(O)c(O)cc1O2.Oc1cc2nc3ccc(O)c(O)c3cc2c(O)c1O. The fourth-order valence-electron chi connectivity index (χ4n) is 15.1. The summed E-state index contributed by atoms with van der Waals surface area (Å²) in [5.74, 6) is -6.59. The van der Waals surface area contributed by atoms with E-state index >= 15 is 0 Å². The van der Waals surface area contributed by atoms with Crippen molar-refractivity contribution in [2.24, 2.45) is 0 Å². The zero-order valence-electron chi connectivity index (χ0n) is 61.2. The third-order valence-electron chi connectivity index (χ3n) is 21.1. The van der Waals surface area contributed by atoms with Crippen molar-refractivity contribution in [2.75, 3.05) is 24.4 Å².